The Bertz CT molecular complexity index is 397. The van der Waals surface area contributed by atoms with E-state index in [-0.39, 0.29) is 5.97 Å². The van der Waals surface area contributed by atoms with Crippen molar-refractivity contribution in [3.8, 4) is 0 Å². The summed E-state index contributed by atoms with van der Waals surface area (Å²) in [5.41, 5.74) is 6.16. The summed E-state index contributed by atoms with van der Waals surface area (Å²) in [4.78, 5) is 11.9. The van der Waals surface area contributed by atoms with Crippen LogP contribution in [-0.4, -0.2) is 19.7 Å². The van der Waals surface area contributed by atoms with E-state index in [9.17, 15) is 4.79 Å². The van der Waals surface area contributed by atoms with Crippen LogP contribution in [0.1, 0.15) is 18.4 Å². The number of carbonyl (C=O) groups excluding carboxylic acids is 1. The van der Waals surface area contributed by atoms with Gasteiger partial charge < -0.3 is 15.2 Å². The van der Waals surface area contributed by atoms with Crippen molar-refractivity contribution in [3.63, 3.8) is 0 Å². The Balaban J connectivity index is 2.43. The number of hydrogen-bond acceptors (Lipinski definition) is 4. The van der Waals surface area contributed by atoms with E-state index in [0.717, 1.165) is 12.0 Å². The molecule has 1 saturated heterocycles. The van der Waals surface area contributed by atoms with E-state index >= 15 is 0 Å². The van der Waals surface area contributed by atoms with E-state index in [1.54, 1.807) is 12.1 Å². The van der Waals surface area contributed by atoms with E-state index in [4.69, 9.17) is 15.2 Å². The number of benzene rings is 1. The first-order chi connectivity index (χ1) is 7.69. The molecule has 0 bridgehead atoms. The van der Waals surface area contributed by atoms with Crippen molar-refractivity contribution < 1.29 is 14.3 Å². The van der Waals surface area contributed by atoms with Crippen LogP contribution < -0.4 is 5.73 Å². The average Bonchev–Trinajstić information content (AvgIpc) is 2.78. The fourth-order valence-corrected chi connectivity index (χ4v) is 2.10. The number of esters is 1. The summed E-state index contributed by atoms with van der Waals surface area (Å²) in [5.74, 6) is -0.351. The molecule has 4 nitrogen and oxygen atoms in total. The third-order valence-electron chi connectivity index (χ3n) is 2.89. The second kappa shape index (κ2) is 4.14. The minimum atomic E-state index is -0.954. The molecular weight excluding hydrogens is 206 g/mol. The maximum Gasteiger partial charge on any atom is 0.342 e. The molecule has 0 amide bonds. The number of hydrogen-bond donors (Lipinski definition) is 1. The minimum absolute atomic E-state index is 0.351. The van der Waals surface area contributed by atoms with Crippen LogP contribution in [0.25, 0.3) is 0 Å². The Hall–Kier alpha value is -1.55. The lowest BCUT2D eigenvalue weighted by Crippen LogP contribution is -2.36. The molecular formula is C12H15NO3. The zero-order valence-electron chi connectivity index (χ0n) is 9.23. The Kier molecular flexibility index (Phi) is 2.83. The van der Waals surface area contributed by atoms with Crippen molar-refractivity contribution in [1.82, 2.24) is 0 Å². The highest BCUT2D eigenvalue weighted by Gasteiger charge is 2.45. The van der Waals surface area contributed by atoms with Gasteiger partial charge in [0.2, 0.25) is 0 Å². The van der Waals surface area contributed by atoms with Gasteiger partial charge in [0, 0.05) is 12.3 Å². The van der Waals surface area contributed by atoms with Crippen LogP contribution in [-0.2, 0) is 19.9 Å². The van der Waals surface area contributed by atoms with Gasteiger partial charge in [-0.1, -0.05) is 12.1 Å². The third kappa shape index (κ3) is 1.65. The van der Waals surface area contributed by atoms with E-state index in [2.05, 4.69) is 0 Å². The van der Waals surface area contributed by atoms with Crippen LogP contribution >= 0.6 is 0 Å². The normalized spacial score (nSPS) is 24.3. The van der Waals surface area contributed by atoms with E-state index in [1.807, 2.05) is 12.1 Å². The lowest BCUT2D eigenvalue weighted by molar-refractivity contribution is -0.165. The third-order valence-corrected chi connectivity index (χ3v) is 2.89. The van der Waals surface area contributed by atoms with Gasteiger partial charge in [-0.2, -0.15) is 0 Å². The highest BCUT2D eigenvalue weighted by atomic mass is 16.6. The molecule has 1 aromatic carbocycles. The molecule has 0 spiro atoms. The first-order valence-electron chi connectivity index (χ1n) is 5.27. The van der Waals surface area contributed by atoms with Gasteiger partial charge in [0.25, 0.3) is 0 Å². The molecule has 86 valence electrons. The lowest BCUT2D eigenvalue weighted by atomic mass is 9.90. The topological polar surface area (TPSA) is 61.5 Å². The molecule has 0 radical (unpaired) electrons. The summed E-state index contributed by atoms with van der Waals surface area (Å²) in [7, 11) is 1.37. The number of anilines is 1. The molecule has 2 N–H and O–H groups in total. The van der Waals surface area contributed by atoms with Crippen LogP contribution in [0.15, 0.2) is 24.3 Å². The second-order valence-electron chi connectivity index (χ2n) is 3.90. The number of ether oxygens (including phenoxy) is 2. The van der Waals surface area contributed by atoms with Crippen LogP contribution in [0.4, 0.5) is 5.69 Å². The van der Waals surface area contributed by atoms with E-state index in [1.165, 1.54) is 7.11 Å². The number of nitrogens with two attached hydrogens (primary N) is 1. The molecule has 16 heavy (non-hydrogen) atoms. The summed E-state index contributed by atoms with van der Waals surface area (Å²) in [6.07, 6.45) is 1.49. The van der Waals surface area contributed by atoms with Crippen LogP contribution in [0.5, 0.6) is 0 Å². The maximum absolute atomic E-state index is 11.9. The van der Waals surface area contributed by atoms with Gasteiger partial charge in [0.1, 0.15) is 0 Å². The van der Waals surface area contributed by atoms with Gasteiger partial charge in [-0.15, -0.1) is 0 Å². The fourth-order valence-electron chi connectivity index (χ4n) is 2.10. The zero-order valence-corrected chi connectivity index (χ0v) is 9.23. The number of carbonyl (C=O) groups is 1. The molecule has 0 saturated carbocycles. The lowest BCUT2D eigenvalue weighted by Gasteiger charge is -2.25. The average molecular weight is 221 g/mol. The smallest absolute Gasteiger partial charge is 0.342 e. The number of rotatable bonds is 2. The maximum atomic E-state index is 11.9. The van der Waals surface area contributed by atoms with Gasteiger partial charge in [-0.25, -0.2) is 4.79 Å². The summed E-state index contributed by atoms with van der Waals surface area (Å²) < 4.78 is 10.4. The fraction of sp³-hybridized carbons (Fsp3) is 0.417. The standard InChI is InChI=1S/C12H15NO3/c1-15-11(14)12(6-3-7-16-12)9-4-2-5-10(13)8-9/h2,4-5,8H,3,6-7,13H2,1H3. The molecule has 1 unspecified atom stereocenters. The SMILES string of the molecule is COC(=O)C1(c2cccc(N)c2)CCCO1. The quantitative estimate of drug-likeness (QED) is 0.606. The van der Waals surface area contributed by atoms with Crippen molar-refractivity contribution in [2.45, 2.75) is 18.4 Å². The van der Waals surface area contributed by atoms with Gasteiger partial charge in [-0.3, -0.25) is 0 Å². The number of nitrogen functional groups attached to an aromatic ring is 1. The highest BCUT2D eigenvalue weighted by molar-refractivity contribution is 5.82. The predicted molar refractivity (Wildman–Crippen MR) is 59.7 cm³/mol. The Labute approximate surface area is 94.3 Å². The van der Waals surface area contributed by atoms with Crippen molar-refractivity contribution in [1.29, 1.82) is 0 Å². The second-order valence-corrected chi connectivity index (χ2v) is 3.90. The molecule has 1 fully saturated rings. The molecule has 1 aliphatic heterocycles. The Morgan fingerprint density at radius 3 is 2.94 bits per heavy atom. The Morgan fingerprint density at radius 1 is 1.56 bits per heavy atom. The molecule has 2 rings (SSSR count). The first-order valence-corrected chi connectivity index (χ1v) is 5.27. The summed E-state index contributed by atoms with van der Waals surface area (Å²) in [5, 5.41) is 0. The molecule has 0 aliphatic carbocycles. The van der Waals surface area contributed by atoms with Crippen LogP contribution in [0.2, 0.25) is 0 Å². The van der Waals surface area contributed by atoms with Crippen LogP contribution in [0, 0.1) is 0 Å². The van der Waals surface area contributed by atoms with Crippen molar-refractivity contribution in [3.05, 3.63) is 29.8 Å². The predicted octanol–water partition coefficient (Wildman–Crippen LogP) is 1.45. The van der Waals surface area contributed by atoms with Crippen molar-refractivity contribution in [2.75, 3.05) is 19.5 Å². The van der Waals surface area contributed by atoms with Gasteiger partial charge >= 0.3 is 5.97 Å². The molecule has 1 aliphatic rings. The van der Waals surface area contributed by atoms with Crippen molar-refractivity contribution in [2.24, 2.45) is 0 Å². The highest BCUT2D eigenvalue weighted by Crippen LogP contribution is 2.37. The molecule has 0 aromatic heterocycles. The summed E-state index contributed by atoms with van der Waals surface area (Å²) in [6.45, 7) is 0.573. The van der Waals surface area contributed by atoms with Gasteiger partial charge in [-0.05, 0) is 30.5 Å². The summed E-state index contributed by atoms with van der Waals surface area (Å²) in [6, 6.07) is 7.21. The first kappa shape index (κ1) is 11.0. The molecule has 4 heteroatoms. The minimum Gasteiger partial charge on any atom is -0.467 e. The zero-order chi connectivity index (χ0) is 11.6. The summed E-state index contributed by atoms with van der Waals surface area (Å²) >= 11 is 0. The Morgan fingerprint density at radius 2 is 2.38 bits per heavy atom. The van der Waals surface area contributed by atoms with Gasteiger partial charge in [0.15, 0.2) is 5.60 Å². The van der Waals surface area contributed by atoms with E-state index < -0.39 is 5.60 Å². The van der Waals surface area contributed by atoms with Crippen molar-refractivity contribution >= 4 is 11.7 Å². The van der Waals surface area contributed by atoms with Gasteiger partial charge in [0.05, 0.1) is 7.11 Å². The largest absolute Gasteiger partial charge is 0.467 e. The number of methoxy groups -OCH3 is 1. The molecule has 1 heterocycles. The van der Waals surface area contributed by atoms with Crippen LogP contribution in [0.3, 0.4) is 0 Å². The molecule has 1 aromatic rings. The monoisotopic (exact) mass is 221 g/mol. The van der Waals surface area contributed by atoms with E-state index in [0.29, 0.717) is 18.7 Å². The molecule has 1 atom stereocenters.